The van der Waals surface area contributed by atoms with E-state index in [1.54, 1.807) is 12.4 Å². The van der Waals surface area contributed by atoms with E-state index >= 15 is 0 Å². The summed E-state index contributed by atoms with van der Waals surface area (Å²) in [6, 6.07) is 1.84. The second kappa shape index (κ2) is 1.34. The second-order valence-corrected chi connectivity index (χ2v) is 2.61. The molecule has 52 valence electrons. The molecule has 0 amide bonds. The highest BCUT2D eigenvalue weighted by Gasteiger charge is 2.22. The summed E-state index contributed by atoms with van der Waals surface area (Å²) in [5, 5.41) is 9.42. The highest BCUT2D eigenvalue weighted by Crippen LogP contribution is 2.45. The third kappa shape index (κ3) is 0.420. The Morgan fingerprint density at radius 3 is 2.82 bits per heavy atom. The van der Waals surface area contributed by atoms with Gasteiger partial charge in [-0.2, -0.15) is 0 Å². The maximum absolute atomic E-state index is 9.42. The van der Waals surface area contributed by atoms with Gasteiger partial charge in [-0.25, -0.2) is 0 Å². The molecule has 0 radical (unpaired) electrons. The number of aromatic hydroxyl groups is 1. The molecule has 1 N–H and O–H groups in total. The summed E-state index contributed by atoms with van der Waals surface area (Å²) in [4.78, 5) is 8.07. The first-order chi connectivity index (χ1) is 5.36. The van der Waals surface area contributed by atoms with Crippen molar-refractivity contribution >= 4 is 23.8 Å². The monoisotopic (exact) mass is 144 g/mol. The quantitative estimate of drug-likeness (QED) is 0.510. The summed E-state index contributed by atoms with van der Waals surface area (Å²) in [7, 11) is 0. The first kappa shape index (κ1) is 5.07. The van der Waals surface area contributed by atoms with Gasteiger partial charge < -0.3 is 5.11 Å². The Morgan fingerprint density at radius 1 is 1.18 bits per heavy atom. The maximum atomic E-state index is 9.42. The summed E-state index contributed by atoms with van der Waals surface area (Å²) in [5.41, 5.74) is 3.34. The lowest BCUT2D eigenvalue weighted by Crippen LogP contribution is -1.92. The van der Waals surface area contributed by atoms with Gasteiger partial charge in [0.15, 0.2) is 5.75 Å². The van der Waals surface area contributed by atoms with E-state index in [4.69, 9.17) is 0 Å². The molecule has 0 saturated heterocycles. The van der Waals surface area contributed by atoms with Crippen LogP contribution in [0.15, 0.2) is 16.1 Å². The molecule has 0 saturated carbocycles. The average Bonchev–Trinajstić information content (AvgIpc) is 2.20. The number of hydrogen-bond donors (Lipinski definition) is 1. The number of hydrogen-bond acceptors (Lipinski definition) is 3. The summed E-state index contributed by atoms with van der Waals surface area (Å²) in [6.07, 6.45) is 3.38. The summed E-state index contributed by atoms with van der Waals surface area (Å²) in [6.45, 7) is 0. The second-order valence-electron chi connectivity index (χ2n) is 2.61. The van der Waals surface area contributed by atoms with E-state index < -0.39 is 0 Å². The zero-order valence-electron chi connectivity index (χ0n) is 5.57. The van der Waals surface area contributed by atoms with Crippen molar-refractivity contribution in [2.45, 2.75) is 0 Å². The van der Waals surface area contributed by atoms with E-state index in [-0.39, 0.29) is 5.75 Å². The minimum atomic E-state index is 0.287. The van der Waals surface area contributed by atoms with Crippen molar-refractivity contribution in [3.63, 3.8) is 0 Å². The number of benzene rings is 1. The Labute approximate surface area is 62.7 Å². The van der Waals surface area contributed by atoms with Gasteiger partial charge in [-0.05, 0) is 6.07 Å². The SMILES string of the molecule is Oc1c2cc3c(c1N=C2)C=N3. The zero-order chi connectivity index (χ0) is 7.42. The summed E-state index contributed by atoms with van der Waals surface area (Å²) < 4.78 is 0. The van der Waals surface area contributed by atoms with Crippen LogP contribution in [0.4, 0.5) is 11.4 Å². The molecular formula is C8H4N2O. The van der Waals surface area contributed by atoms with Crippen molar-refractivity contribution in [2.24, 2.45) is 9.98 Å². The molecule has 2 aliphatic rings. The van der Waals surface area contributed by atoms with E-state index in [0.29, 0.717) is 5.69 Å². The fourth-order valence-corrected chi connectivity index (χ4v) is 1.34. The minimum absolute atomic E-state index is 0.287. The van der Waals surface area contributed by atoms with Gasteiger partial charge in [0.2, 0.25) is 0 Å². The van der Waals surface area contributed by atoms with Crippen LogP contribution in [0.1, 0.15) is 11.1 Å². The van der Waals surface area contributed by atoms with Crippen LogP contribution in [0.3, 0.4) is 0 Å². The number of phenols is 1. The Balaban J connectivity index is 2.50. The van der Waals surface area contributed by atoms with Gasteiger partial charge in [-0.3, -0.25) is 9.98 Å². The van der Waals surface area contributed by atoms with Gasteiger partial charge in [-0.1, -0.05) is 0 Å². The normalized spacial score (nSPS) is 14.9. The van der Waals surface area contributed by atoms with Crippen LogP contribution in [-0.4, -0.2) is 17.5 Å². The molecule has 1 aromatic carbocycles. The molecule has 0 spiro atoms. The van der Waals surface area contributed by atoms with Crippen LogP contribution in [0, 0.1) is 0 Å². The molecule has 0 unspecified atom stereocenters. The molecule has 2 aliphatic heterocycles. The van der Waals surface area contributed by atoms with E-state index in [1.807, 2.05) is 6.07 Å². The molecule has 3 heteroatoms. The van der Waals surface area contributed by atoms with Crippen LogP contribution in [0.25, 0.3) is 0 Å². The number of phenolic OH excluding ortho intramolecular Hbond substituents is 1. The average molecular weight is 144 g/mol. The summed E-state index contributed by atoms with van der Waals surface area (Å²) >= 11 is 0. The Morgan fingerprint density at radius 2 is 2.09 bits per heavy atom. The van der Waals surface area contributed by atoms with Gasteiger partial charge in [0.25, 0.3) is 0 Å². The minimum Gasteiger partial charge on any atom is -0.505 e. The molecule has 0 fully saturated rings. The van der Waals surface area contributed by atoms with Crippen molar-refractivity contribution in [3.8, 4) is 5.75 Å². The molecule has 1 aromatic rings. The fraction of sp³-hybridized carbons (Fsp3) is 0. The first-order valence-corrected chi connectivity index (χ1v) is 3.34. The standard InChI is InChI=1S/C8H4N2O/c11-8-4-1-6-5(3-9-6)7(8)10-2-4/h1-3,11H. The van der Waals surface area contributed by atoms with Crippen molar-refractivity contribution in [2.75, 3.05) is 0 Å². The molecular weight excluding hydrogens is 140 g/mol. The van der Waals surface area contributed by atoms with Crippen LogP contribution < -0.4 is 0 Å². The highest BCUT2D eigenvalue weighted by atomic mass is 16.3. The smallest absolute Gasteiger partial charge is 0.150 e. The summed E-state index contributed by atoms with van der Waals surface area (Å²) in [5.74, 6) is 0.287. The number of aliphatic imine (C=N–C) groups is 2. The van der Waals surface area contributed by atoms with Crippen LogP contribution in [0.2, 0.25) is 0 Å². The third-order valence-electron chi connectivity index (χ3n) is 1.99. The Bertz CT molecular complexity index is 419. The Kier molecular flexibility index (Phi) is 0.619. The van der Waals surface area contributed by atoms with E-state index in [1.165, 1.54) is 0 Å². The van der Waals surface area contributed by atoms with Gasteiger partial charge in [0, 0.05) is 23.6 Å². The highest BCUT2D eigenvalue weighted by molar-refractivity contribution is 6.09. The number of nitrogens with zero attached hydrogens (tertiary/aromatic N) is 2. The Hall–Kier alpha value is -1.64. The van der Waals surface area contributed by atoms with Crippen LogP contribution >= 0.6 is 0 Å². The first-order valence-electron chi connectivity index (χ1n) is 3.34. The largest absolute Gasteiger partial charge is 0.505 e. The van der Waals surface area contributed by atoms with Crippen molar-refractivity contribution in [3.05, 3.63) is 17.2 Å². The van der Waals surface area contributed by atoms with Gasteiger partial charge in [-0.15, -0.1) is 0 Å². The number of rotatable bonds is 0. The third-order valence-corrected chi connectivity index (χ3v) is 1.99. The molecule has 0 aliphatic carbocycles. The van der Waals surface area contributed by atoms with Gasteiger partial charge in [0.1, 0.15) is 5.69 Å². The molecule has 11 heavy (non-hydrogen) atoms. The predicted molar refractivity (Wildman–Crippen MR) is 42.6 cm³/mol. The van der Waals surface area contributed by atoms with Crippen molar-refractivity contribution in [1.82, 2.24) is 0 Å². The van der Waals surface area contributed by atoms with Crippen LogP contribution in [-0.2, 0) is 0 Å². The fourth-order valence-electron chi connectivity index (χ4n) is 1.34. The topological polar surface area (TPSA) is 45.0 Å². The number of fused-ring (bicyclic) bond motifs is 4. The molecule has 3 rings (SSSR count). The predicted octanol–water partition coefficient (Wildman–Crippen LogP) is 1.52. The van der Waals surface area contributed by atoms with Crippen LogP contribution in [0.5, 0.6) is 5.75 Å². The van der Waals surface area contributed by atoms with Gasteiger partial charge >= 0.3 is 0 Å². The molecule has 0 aromatic heterocycles. The molecule has 2 bridgehead atoms. The molecule has 0 atom stereocenters. The molecule has 3 nitrogen and oxygen atoms in total. The van der Waals surface area contributed by atoms with Gasteiger partial charge in [0.05, 0.1) is 5.69 Å². The maximum Gasteiger partial charge on any atom is 0.150 e. The van der Waals surface area contributed by atoms with Crippen molar-refractivity contribution in [1.29, 1.82) is 0 Å². The van der Waals surface area contributed by atoms with E-state index in [9.17, 15) is 5.11 Å². The lowest BCUT2D eigenvalue weighted by molar-refractivity contribution is 0.477. The van der Waals surface area contributed by atoms with Crippen molar-refractivity contribution < 1.29 is 5.11 Å². The lowest BCUT2D eigenvalue weighted by Gasteiger charge is -2.10. The van der Waals surface area contributed by atoms with E-state index in [0.717, 1.165) is 16.8 Å². The lowest BCUT2D eigenvalue weighted by atomic mass is 10.1. The van der Waals surface area contributed by atoms with E-state index in [2.05, 4.69) is 9.98 Å². The molecule has 2 heterocycles. The zero-order valence-corrected chi connectivity index (χ0v) is 5.57.